The van der Waals surface area contributed by atoms with Crippen LogP contribution in [0.2, 0.25) is 5.02 Å². The minimum atomic E-state index is -5.18. The van der Waals surface area contributed by atoms with Crippen LogP contribution in [0.3, 0.4) is 0 Å². The van der Waals surface area contributed by atoms with Gasteiger partial charge in [0, 0.05) is 0 Å². The Kier molecular flexibility index (Phi) is 9.42. The maximum atomic E-state index is 10.4. The van der Waals surface area contributed by atoms with E-state index in [9.17, 15) is 11.9 Å². The molecule has 1 rings (SSSR count). The fourth-order valence-corrected chi connectivity index (χ4v) is 1.83. The normalized spacial score (nSPS) is 9.77. The average molecular weight is 280 g/mol. The Hall–Kier alpha value is 1.79. The fraction of sp³-hybridized carbons (Fsp3) is 0. The van der Waals surface area contributed by atoms with Gasteiger partial charge in [0.15, 0.2) is 0 Å². The van der Waals surface area contributed by atoms with E-state index in [2.05, 4.69) is 0 Å². The van der Waals surface area contributed by atoms with Gasteiger partial charge in [0.05, 0.1) is 0 Å². The second-order valence-electron chi connectivity index (χ2n) is 1.97. The van der Waals surface area contributed by atoms with Crippen molar-refractivity contribution in [1.29, 1.82) is 0 Å². The summed E-state index contributed by atoms with van der Waals surface area (Å²) >= 11 is 0.291. The molecular weight excluding hydrogens is 276 g/mol. The molecule has 0 amide bonds. The van der Waals surface area contributed by atoms with Gasteiger partial charge >= 0.3 is 130 Å². The molecule has 0 fully saturated rings. The molecule has 13 heavy (non-hydrogen) atoms. The molecule has 0 aliphatic carbocycles. The summed E-state index contributed by atoms with van der Waals surface area (Å²) in [6, 6.07) is 5.17. The fourth-order valence-electron chi connectivity index (χ4n) is 0.624. The first-order valence-corrected chi connectivity index (χ1v) is 6.40. The van der Waals surface area contributed by atoms with E-state index in [1.54, 1.807) is 0 Å². The zero-order chi connectivity index (χ0) is 8.48. The molecule has 0 aliphatic heterocycles. The van der Waals surface area contributed by atoms with Crippen LogP contribution in [0.4, 0.5) is 0 Å². The van der Waals surface area contributed by atoms with E-state index in [-0.39, 0.29) is 63.5 Å². The SMILES string of the molecule is O=[As]([O-])([O-])c1ccc(Cl)cc1.[Na+].[Na+]. The largest absolute Gasteiger partial charge is 1.00 e. The summed E-state index contributed by atoms with van der Waals surface area (Å²) < 4.78 is 31.1. The summed E-state index contributed by atoms with van der Waals surface area (Å²) in [7, 11) is 0. The summed E-state index contributed by atoms with van der Waals surface area (Å²) in [5, 5.41) is 0.415. The number of benzene rings is 1. The summed E-state index contributed by atoms with van der Waals surface area (Å²) in [5.74, 6) is 0. The van der Waals surface area contributed by atoms with Crippen LogP contribution in [-0.4, -0.2) is 14.2 Å². The molecule has 0 unspecified atom stereocenters. The molecule has 0 aromatic heterocycles. The Balaban J connectivity index is 0. The standard InChI is InChI=1S/C6H6AsClO3.2Na/c8-6-3-1-5(2-4-6)7(9,10)11;;/h1-4H,(H2,9,10,11);;/q;2*+1/p-2. The predicted molar refractivity (Wildman–Crippen MR) is 37.5 cm³/mol. The predicted octanol–water partition coefficient (Wildman–Crippen LogP) is -7.35. The third kappa shape index (κ3) is 6.06. The van der Waals surface area contributed by atoms with Gasteiger partial charge in [0.1, 0.15) is 0 Å². The van der Waals surface area contributed by atoms with Crippen molar-refractivity contribution in [2.45, 2.75) is 0 Å². The molecule has 7 heteroatoms. The summed E-state index contributed by atoms with van der Waals surface area (Å²) in [6.07, 6.45) is 0. The zero-order valence-electron chi connectivity index (χ0n) is 7.36. The molecule has 0 radical (unpaired) electrons. The smallest absolute Gasteiger partial charge is 1.00 e. The number of halogens is 1. The van der Waals surface area contributed by atoms with E-state index in [0.29, 0.717) is 5.02 Å². The Morgan fingerprint density at radius 1 is 1.08 bits per heavy atom. The molecule has 0 aliphatic rings. The van der Waals surface area contributed by atoms with Crippen LogP contribution in [0.5, 0.6) is 0 Å². The molecule has 3 nitrogen and oxygen atoms in total. The molecule has 0 atom stereocenters. The first kappa shape index (κ1) is 17.2. The van der Waals surface area contributed by atoms with Crippen LogP contribution in [-0.2, 0) is 3.74 Å². The second kappa shape index (κ2) is 7.13. The monoisotopic (exact) mass is 280 g/mol. The van der Waals surface area contributed by atoms with Crippen molar-refractivity contribution in [3.63, 3.8) is 0 Å². The first-order chi connectivity index (χ1) is 5.00. The van der Waals surface area contributed by atoms with Crippen LogP contribution in [0.1, 0.15) is 0 Å². The average Bonchev–Trinajstić information content (AvgIpc) is 1.86. The van der Waals surface area contributed by atoms with Gasteiger partial charge in [-0.05, 0) is 0 Å². The maximum absolute atomic E-state index is 10.4. The molecule has 0 saturated heterocycles. The van der Waals surface area contributed by atoms with E-state index in [0.717, 1.165) is 0 Å². The molecule has 1 aromatic carbocycles. The molecule has 0 bridgehead atoms. The van der Waals surface area contributed by atoms with Crippen LogP contribution in [0.25, 0.3) is 0 Å². The third-order valence-electron chi connectivity index (χ3n) is 1.14. The van der Waals surface area contributed by atoms with E-state index >= 15 is 0 Å². The van der Waals surface area contributed by atoms with Crippen molar-refractivity contribution in [3.05, 3.63) is 29.3 Å². The quantitative estimate of drug-likeness (QED) is 0.480. The molecule has 1 aromatic rings. The van der Waals surface area contributed by atoms with Gasteiger partial charge < -0.3 is 0 Å². The van der Waals surface area contributed by atoms with E-state index < -0.39 is 14.2 Å². The van der Waals surface area contributed by atoms with Crippen molar-refractivity contribution < 1.29 is 71.0 Å². The minimum Gasteiger partial charge on any atom is 1.00 e. The van der Waals surface area contributed by atoms with Gasteiger partial charge in [-0.2, -0.15) is 0 Å². The van der Waals surface area contributed by atoms with Gasteiger partial charge in [-0.25, -0.2) is 0 Å². The van der Waals surface area contributed by atoms with Crippen molar-refractivity contribution >= 4 is 30.1 Å². The van der Waals surface area contributed by atoms with Gasteiger partial charge in [-0.1, -0.05) is 0 Å². The van der Waals surface area contributed by atoms with Gasteiger partial charge in [0.2, 0.25) is 0 Å². The van der Waals surface area contributed by atoms with Crippen LogP contribution < -0.4 is 71.7 Å². The number of rotatable bonds is 1. The van der Waals surface area contributed by atoms with Crippen LogP contribution in [0.15, 0.2) is 24.3 Å². The summed E-state index contributed by atoms with van der Waals surface area (Å²) in [4.78, 5) is 0. The molecule has 0 saturated carbocycles. The van der Waals surface area contributed by atoms with Crippen molar-refractivity contribution in [2.24, 2.45) is 0 Å². The van der Waals surface area contributed by atoms with Gasteiger partial charge in [-0.15, -0.1) is 0 Å². The molecule has 0 heterocycles. The second-order valence-corrected chi connectivity index (χ2v) is 5.58. The maximum Gasteiger partial charge on any atom is 1.00 e. The zero-order valence-corrected chi connectivity index (χ0v) is 14.0. The number of hydrogen-bond acceptors (Lipinski definition) is 3. The van der Waals surface area contributed by atoms with E-state index in [1.165, 1.54) is 24.3 Å². The van der Waals surface area contributed by atoms with Gasteiger partial charge in [-0.3, -0.25) is 0 Å². The molecule has 0 spiro atoms. The number of hydrogen-bond donors (Lipinski definition) is 0. The Morgan fingerprint density at radius 2 is 1.46 bits per heavy atom. The molecule has 0 N–H and O–H groups in total. The van der Waals surface area contributed by atoms with Crippen molar-refractivity contribution in [2.75, 3.05) is 0 Å². The third-order valence-corrected chi connectivity index (χ3v) is 3.35. The van der Waals surface area contributed by atoms with Gasteiger partial charge in [0.25, 0.3) is 0 Å². The van der Waals surface area contributed by atoms with E-state index in [1.807, 2.05) is 0 Å². The Labute approximate surface area is 128 Å². The molecular formula is C6H4AsClNa2O3. The van der Waals surface area contributed by atoms with Crippen molar-refractivity contribution in [3.8, 4) is 0 Å². The first-order valence-electron chi connectivity index (χ1n) is 2.78. The topological polar surface area (TPSA) is 63.2 Å². The molecule has 60 valence electrons. The Morgan fingerprint density at radius 3 is 1.77 bits per heavy atom. The summed E-state index contributed by atoms with van der Waals surface area (Å²) in [6.45, 7) is 0. The van der Waals surface area contributed by atoms with Crippen LogP contribution >= 0.6 is 11.6 Å². The Bertz CT molecular complexity index is 297. The van der Waals surface area contributed by atoms with E-state index in [4.69, 9.17) is 11.6 Å². The minimum absolute atomic E-state index is 0. The summed E-state index contributed by atoms with van der Waals surface area (Å²) in [5.41, 5.74) is 0. The van der Waals surface area contributed by atoms with Crippen LogP contribution in [0, 0.1) is 0 Å². The van der Waals surface area contributed by atoms with Crippen molar-refractivity contribution in [1.82, 2.24) is 0 Å².